The van der Waals surface area contributed by atoms with Gasteiger partial charge in [0.1, 0.15) is 0 Å². The van der Waals surface area contributed by atoms with Gasteiger partial charge >= 0.3 is 0 Å². The van der Waals surface area contributed by atoms with E-state index in [0.29, 0.717) is 13.0 Å². The van der Waals surface area contributed by atoms with E-state index in [0.717, 1.165) is 6.42 Å². The largest absolute Gasteiger partial charge is 0.368 e. The molecular formula is C7H13N3O3. The van der Waals surface area contributed by atoms with Crippen LogP contribution in [0.15, 0.2) is 0 Å². The van der Waals surface area contributed by atoms with Crippen molar-refractivity contribution in [3.8, 4) is 0 Å². The van der Waals surface area contributed by atoms with E-state index in [1.165, 1.54) is 0 Å². The van der Waals surface area contributed by atoms with Crippen LogP contribution in [0.1, 0.15) is 12.8 Å². The molecular weight excluding hydrogens is 174 g/mol. The van der Waals surface area contributed by atoms with E-state index in [-0.39, 0.29) is 18.0 Å². The first kappa shape index (κ1) is 8.89. The fourth-order valence-electron chi connectivity index (χ4n) is 1.70. The highest BCUT2D eigenvalue weighted by Gasteiger charge is 2.43. The van der Waals surface area contributed by atoms with Crippen LogP contribution in [0.5, 0.6) is 0 Å². The second kappa shape index (κ2) is 3.22. The van der Waals surface area contributed by atoms with E-state index in [9.17, 15) is 4.79 Å². The Morgan fingerprint density at radius 3 is 2.62 bits per heavy atom. The molecule has 2 heterocycles. The molecule has 0 aliphatic carbocycles. The smallest absolute Gasteiger partial charge is 0.281 e. The second-order valence-electron chi connectivity index (χ2n) is 3.45. The molecule has 0 bridgehead atoms. The van der Waals surface area contributed by atoms with Gasteiger partial charge in [0.25, 0.3) is 6.41 Å². The number of nitrogens with two attached hydrogens (primary N) is 2. The number of hydrogen-bond acceptors (Lipinski definition) is 5. The molecule has 1 amide bonds. The number of piperidine rings is 1. The summed E-state index contributed by atoms with van der Waals surface area (Å²) in [4.78, 5) is 22.1. The van der Waals surface area contributed by atoms with Gasteiger partial charge in [0.05, 0.1) is 6.04 Å². The normalized spacial score (nSPS) is 36.1. The van der Waals surface area contributed by atoms with Crippen molar-refractivity contribution < 1.29 is 14.6 Å². The van der Waals surface area contributed by atoms with Crippen LogP contribution in [0.3, 0.4) is 0 Å². The highest BCUT2D eigenvalue weighted by atomic mass is 17.4. The lowest BCUT2D eigenvalue weighted by Gasteiger charge is -2.33. The topological polar surface area (TPSA) is 97.4 Å². The molecule has 6 heteroatoms. The highest BCUT2D eigenvalue weighted by Crippen LogP contribution is 2.26. The van der Waals surface area contributed by atoms with Gasteiger partial charge in [0.15, 0.2) is 0 Å². The van der Waals surface area contributed by atoms with Gasteiger partial charge in [0.2, 0.25) is 5.91 Å². The van der Waals surface area contributed by atoms with Gasteiger partial charge in [-0.3, -0.25) is 4.79 Å². The predicted octanol–water partition coefficient (Wildman–Crippen LogP) is -1.49. The van der Waals surface area contributed by atoms with Crippen molar-refractivity contribution in [3.05, 3.63) is 0 Å². The van der Waals surface area contributed by atoms with E-state index in [2.05, 4.69) is 9.78 Å². The van der Waals surface area contributed by atoms with E-state index in [1.54, 1.807) is 4.90 Å². The first-order chi connectivity index (χ1) is 6.18. The molecule has 0 spiro atoms. The van der Waals surface area contributed by atoms with Crippen molar-refractivity contribution in [2.75, 3.05) is 6.54 Å². The van der Waals surface area contributed by atoms with Gasteiger partial charge < -0.3 is 11.5 Å². The molecule has 13 heavy (non-hydrogen) atoms. The summed E-state index contributed by atoms with van der Waals surface area (Å²) in [5.41, 5.74) is 11.0. The van der Waals surface area contributed by atoms with Crippen LogP contribution in [0.25, 0.3) is 0 Å². The summed E-state index contributed by atoms with van der Waals surface area (Å²) in [6, 6.07) is -0.226. The van der Waals surface area contributed by atoms with E-state index >= 15 is 0 Å². The molecule has 0 radical (unpaired) electrons. The molecule has 2 rings (SSSR count). The molecule has 74 valence electrons. The van der Waals surface area contributed by atoms with Crippen LogP contribution in [0, 0.1) is 0 Å². The van der Waals surface area contributed by atoms with Crippen LogP contribution >= 0.6 is 0 Å². The minimum absolute atomic E-state index is 0.0726. The average molecular weight is 187 g/mol. The summed E-state index contributed by atoms with van der Waals surface area (Å²) in [6.45, 7) is 0.596. The lowest BCUT2D eigenvalue weighted by molar-refractivity contribution is -0.126. The van der Waals surface area contributed by atoms with Gasteiger partial charge in [-0.2, -0.15) is 9.78 Å². The third kappa shape index (κ3) is 1.80. The zero-order valence-electron chi connectivity index (χ0n) is 7.18. The van der Waals surface area contributed by atoms with Crippen molar-refractivity contribution in [1.82, 2.24) is 4.90 Å². The summed E-state index contributed by atoms with van der Waals surface area (Å²) in [7, 11) is 0. The average Bonchev–Trinajstić information content (AvgIpc) is 2.85. The Morgan fingerprint density at radius 2 is 2.08 bits per heavy atom. The predicted molar refractivity (Wildman–Crippen MR) is 42.9 cm³/mol. The number of nitrogens with zero attached hydrogens (tertiary/aromatic N) is 1. The lowest BCUT2D eigenvalue weighted by Crippen LogP contribution is -2.54. The fraction of sp³-hybridized carbons (Fsp3) is 0.857. The number of hydrogen-bond donors (Lipinski definition) is 2. The van der Waals surface area contributed by atoms with E-state index in [4.69, 9.17) is 11.5 Å². The van der Waals surface area contributed by atoms with Gasteiger partial charge in [0, 0.05) is 12.6 Å². The molecule has 0 saturated carbocycles. The highest BCUT2D eigenvalue weighted by molar-refractivity contribution is 5.80. The van der Waals surface area contributed by atoms with Crippen LogP contribution < -0.4 is 11.5 Å². The third-order valence-electron chi connectivity index (χ3n) is 2.44. The molecule has 0 aromatic heterocycles. The lowest BCUT2D eigenvalue weighted by atomic mass is 9.99. The van der Waals surface area contributed by atoms with Gasteiger partial charge in [-0.25, -0.2) is 4.90 Å². The van der Waals surface area contributed by atoms with Crippen LogP contribution in [-0.4, -0.2) is 35.8 Å². The number of carbonyl (C=O) groups is 1. The Kier molecular flexibility index (Phi) is 2.20. The maximum Gasteiger partial charge on any atom is 0.281 e. The summed E-state index contributed by atoms with van der Waals surface area (Å²) < 4.78 is 0. The quantitative estimate of drug-likeness (QED) is 0.405. The van der Waals surface area contributed by atoms with E-state index in [1.807, 2.05) is 0 Å². The van der Waals surface area contributed by atoms with Crippen LogP contribution in [0.2, 0.25) is 0 Å². The maximum absolute atomic E-state index is 11.0. The minimum atomic E-state index is -0.413. The molecule has 2 fully saturated rings. The van der Waals surface area contributed by atoms with Crippen molar-refractivity contribution in [1.29, 1.82) is 0 Å². The second-order valence-corrected chi connectivity index (χ2v) is 3.45. The molecule has 2 atom stereocenters. The fourth-order valence-corrected chi connectivity index (χ4v) is 1.70. The first-order valence-corrected chi connectivity index (χ1v) is 4.31. The van der Waals surface area contributed by atoms with Crippen LogP contribution in [0.4, 0.5) is 0 Å². The van der Waals surface area contributed by atoms with E-state index < -0.39 is 6.41 Å². The Balaban J connectivity index is 2.02. The zero-order valence-corrected chi connectivity index (χ0v) is 7.18. The third-order valence-corrected chi connectivity index (χ3v) is 2.44. The maximum atomic E-state index is 11.0. The molecule has 0 aromatic carbocycles. The van der Waals surface area contributed by atoms with Crippen molar-refractivity contribution >= 4 is 5.91 Å². The number of likely N-dealkylation sites (tertiary alicyclic amines) is 1. The Bertz CT molecular complexity index is 219. The summed E-state index contributed by atoms with van der Waals surface area (Å²) in [6.07, 6.45) is 1.08. The molecule has 6 nitrogen and oxygen atoms in total. The van der Waals surface area contributed by atoms with Crippen molar-refractivity contribution in [2.24, 2.45) is 11.5 Å². The Hall–Kier alpha value is -0.690. The number of amides is 1. The van der Waals surface area contributed by atoms with Crippen molar-refractivity contribution in [2.45, 2.75) is 31.3 Å². The monoisotopic (exact) mass is 187 g/mol. The van der Waals surface area contributed by atoms with Gasteiger partial charge in [-0.05, 0) is 12.8 Å². The van der Waals surface area contributed by atoms with Crippen LogP contribution in [-0.2, 0) is 14.6 Å². The molecule has 2 saturated heterocycles. The molecule has 4 N–H and O–H groups in total. The zero-order chi connectivity index (χ0) is 9.42. The summed E-state index contributed by atoms with van der Waals surface area (Å²) in [5, 5.41) is 0. The number of rotatable bonds is 2. The van der Waals surface area contributed by atoms with Gasteiger partial charge in [-0.15, -0.1) is 0 Å². The summed E-state index contributed by atoms with van der Waals surface area (Å²) in [5.74, 6) is -0.342. The first-order valence-electron chi connectivity index (χ1n) is 4.31. The Labute approximate surface area is 75.7 Å². The van der Waals surface area contributed by atoms with Crippen molar-refractivity contribution in [3.63, 3.8) is 0 Å². The summed E-state index contributed by atoms with van der Waals surface area (Å²) >= 11 is 0. The number of carbonyl (C=O) groups excluding carboxylic acids is 1. The molecule has 0 aromatic rings. The standard InChI is InChI=1S/C7H13N3O3/c8-4-1-2-5(6(9)11)10(3-4)7-12-13-7/h4-5,7H,1-3,8H2,(H2,9,11)/t4-,5+/m1/s1. The molecule has 2 aliphatic heterocycles. The Morgan fingerprint density at radius 1 is 1.38 bits per heavy atom. The minimum Gasteiger partial charge on any atom is -0.368 e. The SMILES string of the molecule is NC(=O)[C@@H]1CC[C@@H](N)CN1C1OO1. The molecule has 2 aliphatic rings. The molecule has 0 unspecified atom stereocenters. The van der Waals surface area contributed by atoms with Gasteiger partial charge in [-0.1, -0.05) is 0 Å². The number of primary amides is 1.